The molecule has 2 aromatic carbocycles. The molecule has 0 unspecified atom stereocenters. The average molecular weight is 479 g/mol. The molecule has 0 aliphatic carbocycles. The van der Waals surface area contributed by atoms with Crippen molar-refractivity contribution in [1.82, 2.24) is 14.7 Å². The highest BCUT2D eigenvalue weighted by atomic mass is 79.9. The van der Waals surface area contributed by atoms with E-state index in [4.69, 9.17) is 4.74 Å². The molecule has 2 N–H and O–H groups in total. The SMILES string of the molecule is O=C(CNC(=O)c1cccc(OCc2cn3ccccc3n2)c1)Nc1ccc(Br)cc1. The van der Waals surface area contributed by atoms with Gasteiger partial charge in [0.1, 0.15) is 18.0 Å². The van der Waals surface area contributed by atoms with Crippen molar-refractivity contribution in [2.24, 2.45) is 0 Å². The van der Waals surface area contributed by atoms with Gasteiger partial charge in [0.2, 0.25) is 5.91 Å². The molecular weight excluding hydrogens is 460 g/mol. The van der Waals surface area contributed by atoms with Gasteiger partial charge in [-0.3, -0.25) is 9.59 Å². The summed E-state index contributed by atoms with van der Waals surface area (Å²) in [6, 6.07) is 19.8. The van der Waals surface area contributed by atoms with Crippen LogP contribution in [0.1, 0.15) is 16.1 Å². The standard InChI is InChI=1S/C23H19BrN4O3/c24-17-7-9-18(10-8-17)27-22(29)13-25-23(30)16-4-3-5-20(12-16)31-15-19-14-28-11-2-1-6-21(28)26-19/h1-12,14H,13,15H2,(H,25,30)(H,27,29). The molecule has 156 valence electrons. The van der Waals surface area contributed by atoms with E-state index in [0.29, 0.717) is 17.0 Å². The third-order valence-corrected chi connectivity index (χ3v) is 4.96. The number of hydrogen-bond acceptors (Lipinski definition) is 4. The Hall–Kier alpha value is -3.65. The number of ether oxygens (including phenoxy) is 1. The third-order valence-electron chi connectivity index (χ3n) is 4.43. The van der Waals surface area contributed by atoms with Crippen molar-refractivity contribution in [1.29, 1.82) is 0 Å². The van der Waals surface area contributed by atoms with E-state index in [1.54, 1.807) is 36.4 Å². The number of nitrogens with one attached hydrogen (secondary N) is 2. The van der Waals surface area contributed by atoms with E-state index < -0.39 is 0 Å². The summed E-state index contributed by atoms with van der Waals surface area (Å²) in [6.07, 6.45) is 3.82. The highest BCUT2D eigenvalue weighted by molar-refractivity contribution is 9.10. The van der Waals surface area contributed by atoms with Crippen molar-refractivity contribution in [3.8, 4) is 5.75 Å². The molecule has 4 rings (SSSR count). The van der Waals surface area contributed by atoms with Gasteiger partial charge in [0.05, 0.1) is 12.2 Å². The number of imidazole rings is 1. The first-order valence-electron chi connectivity index (χ1n) is 9.56. The van der Waals surface area contributed by atoms with Crippen LogP contribution in [0.4, 0.5) is 5.69 Å². The van der Waals surface area contributed by atoms with Crippen LogP contribution in [0.25, 0.3) is 5.65 Å². The predicted molar refractivity (Wildman–Crippen MR) is 121 cm³/mol. The van der Waals surface area contributed by atoms with Gasteiger partial charge in [-0.15, -0.1) is 0 Å². The number of pyridine rings is 1. The topological polar surface area (TPSA) is 84.7 Å². The number of fused-ring (bicyclic) bond motifs is 1. The normalized spacial score (nSPS) is 10.6. The van der Waals surface area contributed by atoms with Gasteiger partial charge < -0.3 is 19.8 Å². The Balaban J connectivity index is 1.31. The van der Waals surface area contributed by atoms with Crippen LogP contribution in [0.2, 0.25) is 0 Å². The molecule has 0 fully saturated rings. The highest BCUT2D eigenvalue weighted by Crippen LogP contribution is 2.16. The molecule has 0 radical (unpaired) electrons. The lowest BCUT2D eigenvalue weighted by Gasteiger charge is -2.09. The Morgan fingerprint density at radius 2 is 1.87 bits per heavy atom. The maximum absolute atomic E-state index is 12.4. The molecule has 2 heterocycles. The van der Waals surface area contributed by atoms with Gasteiger partial charge >= 0.3 is 0 Å². The minimum atomic E-state index is -0.357. The minimum absolute atomic E-state index is 0.138. The molecule has 0 aliphatic rings. The zero-order valence-electron chi connectivity index (χ0n) is 16.4. The molecule has 7 nitrogen and oxygen atoms in total. The Kier molecular flexibility index (Phi) is 6.28. The predicted octanol–water partition coefficient (Wildman–Crippen LogP) is 4.04. The monoisotopic (exact) mass is 478 g/mol. The number of aromatic nitrogens is 2. The van der Waals surface area contributed by atoms with Crippen LogP contribution in [0.15, 0.2) is 83.6 Å². The highest BCUT2D eigenvalue weighted by Gasteiger charge is 2.10. The summed E-state index contributed by atoms with van der Waals surface area (Å²) in [5.74, 6) is -0.122. The van der Waals surface area contributed by atoms with Crippen molar-refractivity contribution >= 4 is 39.1 Å². The lowest BCUT2D eigenvalue weighted by atomic mass is 10.2. The van der Waals surface area contributed by atoms with E-state index in [1.165, 1.54) is 0 Å². The Labute approximate surface area is 187 Å². The van der Waals surface area contributed by atoms with Crippen LogP contribution in [0, 0.1) is 0 Å². The van der Waals surface area contributed by atoms with E-state index in [9.17, 15) is 9.59 Å². The summed E-state index contributed by atoms with van der Waals surface area (Å²) in [5.41, 5.74) is 2.69. The summed E-state index contributed by atoms with van der Waals surface area (Å²) in [5, 5.41) is 5.35. The van der Waals surface area contributed by atoms with Crippen LogP contribution in [-0.2, 0) is 11.4 Å². The fraction of sp³-hybridized carbons (Fsp3) is 0.0870. The van der Waals surface area contributed by atoms with E-state index in [1.807, 2.05) is 47.1 Å². The zero-order valence-corrected chi connectivity index (χ0v) is 18.0. The zero-order chi connectivity index (χ0) is 21.6. The number of halogens is 1. The molecule has 0 aliphatic heterocycles. The van der Waals surface area contributed by atoms with Crippen molar-refractivity contribution in [2.45, 2.75) is 6.61 Å². The molecule has 4 aromatic rings. The number of hydrogen-bond donors (Lipinski definition) is 2. The molecular formula is C23H19BrN4O3. The molecule has 0 saturated carbocycles. The largest absolute Gasteiger partial charge is 0.487 e. The summed E-state index contributed by atoms with van der Waals surface area (Å²) in [6.45, 7) is 0.142. The summed E-state index contributed by atoms with van der Waals surface area (Å²) in [7, 11) is 0. The van der Waals surface area contributed by atoms with Gasteiger partial charge in [-0.25, -0.2) is 4.98 Å². The second-order valence-corrected chi connectivity index (χ2v) is 7.67. The fourth-order valence-electron chi connectivity index (χ4n) is 2.94. The van der Waals surface area contributed by atoms with Gasteiger partial charge in [-0.1, -0.05) is 28.1 Å². The Morgan fingerprint density at radius 1 is 1.03 bits per heavy atom. The number of rotatable bonds is 7. The molecule has 0 atom stereocenters. The second kappa shape index (κ2) is 9.44. The van der Waals surface area contributed by atoms with Crippen LogP contribution < -0.4 is 15.4 Å². The van der Waals surface area contributed by atoms with Gasteiger partial charge in [0.15, 0.2) is 0 Å². The Bertz CT molecular complexity index is 1190. The first-order valence-corrected chi connectivity index (χ1v) is 10.4. The lowest BCUT2D eigenvalue weighted by molar-refractivity contribution is -0.115. The van der Waals surface area contributed by atoms with E-state index in [0.717, 1.165) is 15.8 Å². The first kappa shape index (κ1) is 20.6. The summed E-state index contributed by atoms with van der Waals surface area (Å²) >= 11 is 3.34. The van der Waals surface area contributed by atoms with E-state index in [-0.39, 0.29) is 25.0 Å². The molecule has 8 heteroatoms. The summed E-state index contributed by atoms with van der Waals surface area (Å²) < 4.78 is 8.62. The first-order chi connectivity index (χ1) is 15.1. The Morgan fingerprint density at radius 3 is 2.68 bits per heavy atom. The maximum atomic E-state index is 12.4. The average Bonchev–Trinajstić information content (AvgIpc) is 3.21. The lowest BCUT2D eigenvalue weighted by Crippen LogP contribution is -2.32. The number of nitrogens with zero attached hydrogens (tertiary/aromatic N) is 2. The van der Waals surface area contributed by atoms with Crippen LogP contribution >= 0.6 is 15.9 Å². The molecule has 0 spiro atoms. The minimum Gasteiger partial charge on any atom is -0.487 e. The van der Waals surface area contributed by atoms with Crippen molar-refractivity contribution in [2.75, 3.05) is 11.9 Å². The van der Waals surface area contributed by atoms with E-state index in [2.05, 4.69) is 31.5 Å². The van der Waals surface area contributed by atoms with E-state index >= 15 is 0 Å². The number of carbonyl (C=O) groups excluding carboxylic acids is 2. The van der Waals surface area contributed by atoms with Gasteiger partial charge in [0.25, 0.3) is 5.91 Å². The van der Waals surface area contributed by atoms with Crippen LogP contribution in [0.3, 0.4) is 0 Å². The number of anilines is 1. The van der Waals surface area contributed by atoms with Gasteiger partial charge in [0, 0.05) is 28.1 Å². The van der Waals surface area contributed by atoms with Gasteiger partial charge in [-0.05, 0) is 54.6 Å². The molecule has 31 heavy (non-hydrogen) atoms. The maximum Gasteiger partial charge on any atom is 0.251 e. The second-order valence-electron chi connectivity index (χ2n) is 6.75. The van der Waals surface area contributed by atoms with Crippen LogP contribution in [0.5, 0.6) is 5.75 Å². The quantitative estimate of drug-likeness (QED) is 0.419. The number of benzene rings is 2. The fourth-order valence-corrected chi connectivity index (χ4v) is 3.21. The smallest absolute Gasteiger partial charge is 0.251 e. The molecule has 2 aromatic heterocycles. The molecule has 0 bridgehead atoms. The molecule has 0 saturated heterocycles. The van der Waals surface area contributed by atoms with Crippen molar-refractivity contribution < 1.29 is 14.3 Å². The van der Waals surface area contributed by atoms with Gasteiger partial charge in [-0.2, -0.15) is 0 Å². The number of carbonyl (C=O) groups is 2. The third kappa shape index (κ3) is 5.49. The number of amides is 2. The van der Waals surface area contributed by atoms with Crippen molar-refractivity contribution in [3.05, 3.63) is 94.9 Å². The molecule has 2 amide bonds. The summed E-state index contributed by atoms with van der Waals surface area (Å²) in [4.78, 5) is 29.0. The van der Waals surface area contributed by atoms with Crippen LogP contribution in [-0.4, -0.2) is 27.7 Å². The van der Waals surface area contributed by atoms with Crippen molar-refractivity contribution in [3.63, 3.8) is 0 Å².